The van der Waals surface area contributed by atoms with E-state index in [0.717, 1.165) is 18.7 Å². The summed E-state index contributed by atoms with van der Waals surface area (Å²) in [6.45, 7) is 7.53. The minimum Gasteiger partial charge on any atom is -0.386 e. The van der Waals surface area contributed by atoms with Crippen LogP contribution in [0.25, 0.3) is 0 Å². The lowest BCUT2D eigenvalue weighted by atomic mass is 9.72. The highest BCUT2D eigenvalue weighted by Crippen LogP contribution is 2.38. The Balaban J connectivity index is 1.62. The summed E-state index contributed by atoms with van der Waals surface area (Å²) in [6, 6.07) is 10.0. The molecule has 0 aromatic heterocycles. The van der Waals surface area contributed by atoms with Crippen LogP contribution in [-0.2, 0) is 4.79 Å². The van der Waals surface area contributed by atoms with Gasteiger partial charge in [-0.2, -0.15) is 0 Å². The average molecular weight is 435 g/mol. The standard InChI is InChI=1S/C24H39N3O2S/c1-24(2,3)26-23(29)21-13-17-9-7-8-10-18(17)14-27(21)15-22(28)20(25)16-30-19-11-5-4-6-12-19/h4-6,11-12,17-18,20-22,28H,7-10,13-16,25H2,1-3H3,(H,26,29)/p+1/t17?,18?,20-,21?,22?/m0/s1. The number of quaternary nitrogens is 1. The van der Waals surface area contributed by atoms with Gasteiger partial charge in [0.2, 0.25) is 5.91 Å². The van der Waals surface area contributed by atoms with Gasteiger partial charge in [-0.1, -0.05) is 37.5 Å². The summed E-state index contributed by atoms with van der Waals surface area (Å²) in [5, 5.41) is 14.1. The smallest absolute Gasteiger partial charge is 0.237 e. The summed E-state index contributed by atoms with van der Waals surface area (Å²) in [5.74, 6) is 2.18. The Morgan fingerprint density at radius 1 is 1.23 bits per heavy atom. The van der Waals surface area contributed by atoms with E-state index >= 15 is 0 Å². The molecule has 6 heteroatoms. The molecule has 2 aliphatic rings. The van der Waals surface area contributed by atoms with E-state index in [1.807, 2.05) is 39.0 Å². The molecule has 30 heavy (non-hydrogen) atoms. The second-order valence-corrected chi connectivity index (χ2v) is 11.3. The number of aliphatic hydroxyl groups is 1. The maximum atomic E-state index is 13.1. The number of carbonyl (C=O) groups excluding carboxylic acids is 1. The molecular weight excluding hydrogens is 394 g/mol. The molecule has 5 N–H and O–H groups in total. The molecule has 1 amide bonds. The number of thioether (sulfide) groups is 1. The highest BCUT2D eigenvalue weighted by atomic mass is 32.2. The molecule has 1 aliphatic heterocycles. The molecule has 2 fully saturated rings. The lowest BCUT2D eigenvalue weighted by Crippen LogP contribution is -2.70. The molecule has 0 radical (unpaired) electrons. The Hall–Kier alpha value is -1.08. The molecule has 5 atom stereocenters. The van der Waals surface area contributed by atoms with Crippen LogP contribution in [0, 0.1) is 11.8 Å². The van der Waals surface area contributed by atoms with Gasteiger partial charge < -0.3 is 16.2 Å². The quantitative estimate of drug-likeness (QED) is 0.576. The topological polar surface area (TPSA) is 80.2 Å². The zero-order valence-electron chi connectivity index (χ0n) is 18.8. The second kappa shape index (κ2) is 10.5. The number of benzene rings is 1. The molecule has 1 aromatic carbocycles. The highest BCUT2D eigenvalue weighted by Gasteiger charge is 2.41. The SMILES string of the molecule is CC(C)(C)NC(=O)C1CC2CCCCC2CN1CC(O)[C@@H]([NH3+])CSc1ccccc1. The summed E-state index contributed by atoms with van der Waals surface area (Å²) in [4.78, 5) is 16.6. The third-order valence-corrected chi connectivity index (χ3v) is 7.68. The number of rotatable bonds is 7. The molecular formula is C24H40N3O2S+. The number of hydrogen-bond donors (Lipinski definition) is 3. The third-order valence-electron chi connectivity index (χ3n) is 6.48. The Kier molecular flexibility index (Phi) is 8.24. The number of amides is 1. The molecule has 3 rings (SSSR count). The first kappa shape index (κ1) is 23.6. The van der Waals surface area contributed by atoms with Gasteiger partial charge >= 0.3 is 0 Å². The van der Waals surface area contributed by atoms with Gasteiger partial charge in [0, 0.05) is 23.5 Å². The maximum Gasteiger partial charge on any atom is 0.237 e. The van der Waals surface area contributed by atoms with Gasteiger partial charge in [0.1, 0.15) is 12.1 Å². The summed E-state index contributed by atoms with van der Waals surface area (Å²) in [6.07, 6.45) is 5.46. The van der Waals surface area contributed by atoms with Crippen LogP contribution in [0.1, 0.15) is 52.9 Å². The van der Waals surface area contributed by atoms with Gasteiger partial charge in [0.05, 0.1) is 11.8 Å². The number of hydrogen-bond acceptors (Lipinski definition) is 4. The van der Waals surface area contributed by atoms with Gasteiger partial charge in [0.25, 0.3) is 0 Å². The van der Waals surface area contributed by atoms with E-state index in [0.29, 0.717) is 18.4 Å². The molecule has 5 nitrogen and oxygen atoms in total. The van der Waals surface area contributed by atoms with Crippen LogP contribution in [0.15, 0.2) is 35.2 Å². The van der Waals surface area contributed by atoms with Crippen molar-refractivity contribution in [2.75, 3.05) is 18.8 Å². The van der Waals surface area contributed by atoms with Crippen molar-refractivity contribution < 1.29 is 15.6 Å². The summed E-state index contributed by atoms with van der Waals surface area (Å²) >= 11 is 1.73. The zero-order valence-corrected chi connectivity index (χ0v) is 19.7. The van der Waals surface area contributed by atoms with E-state index in [-0.39, 0.29) is 23.5 Å². The molecule has 0 spiro atoms. The summed E-state index contributed by atoms with van der Waals surface area (Å²) in [5.41, 5.74) is 3.99. The van der Waals surface area contributed by atoms with Gasteiger partial charge in [-0.3, -0.25) is 9.69 Å². The highest BCUT2D eigenvalue weighted by molar-refractivity contribution is 7.99. The first-order chi connectivity index (χ1) is 14.2. The van der Waals surface area contributed by atoms with Crippen molar-refractivity contribution in [3.8, 4) is 0 Å². The number of β-amino-alcohol motifs (C(OH)–C–C–N with tert-alkyl or cyclic N) is 1. The Morgan fingerprint density at radius 2 is 1.90 bits per heavy atom. The van der Waals surface area contributed by atoms with Crippen LogP contribution in [0.3, 0.4) is 0 Å². The van der Waals surface area contributed by atoms with Gasteiger partial charge in [-0.15, -0.1) is 11.8 Å². The van der Waals surface area contributed by atoms with E-state index in [1.54, 1.807) is 11.8 Å². The van der Waals surface area contributed by atoms with Gasteiger partial charge in [0.15, 0.2) is 0 Å². The first-order valence-corrected chi connectivity index (χ1v) is 12.5. The lowest BCUT2D eigenvalue weighted by Gasteiger charge is -2.46. The first-order valence-electron chi connectivity index (χ1n) is 11.5. The number of carbonyl (C=O) groups is 1. The van der Waals surface area contributed by atoms with E-state index < -0.39 is 6.10 Å². The van der Waals surface area contributed by atoms with E-state index in [2.05, 4.69) is 28.1 Å². The largest absolute Gasteiger partial charge is 0.386 e. The van der Waals surface area contributed by atoms with Crippen molar-refractivity contribution in [3.63, 3.8) is 0 Å². The van der Waals surface area contributed by atoms with Crippen molar-refractivity contribution in [2.45, 2.75) is 81.5 Å². The lowest BCUT2D eigenvalue weighted by molar-refractivity contribution is -0.430. The van der Waals surface area contributed by atoms with Crippen LogP contribution < -0.4 is 11.1 Å². The van der Waals surface area contributed by atoms with Crippen LogP contribution in [-0.4, -0.2) is 58.5 Å². The predicted octanol–water partition coefficient (Wildman–Crippen LogP) is 2.55. The van der Waals surface area contributed by atoms with Crippen LogP contribution in [0.5, 0.6) is 0 Å². The number of nitrogens with one attached hydrogen (secondary N) is 1. The van der Waals surface area contributed by atoms with Crippen molar-refractivity contribution in [1.29, 1.82) is 0 Å². The fourth-order valence-electron chi connectivity index (χ4n) is 4.85. The van der Waals surface area contributed by atoms with Crippen molar-refractivity contribution in [2.24, 2.45) is 11.8 Å². The van der Waals surface area contributed by atoms with E-state index in [1.165, 1.54) is 30.6 Å². The van der Waals surface area contributed by atoms with E-state index in [4.69, 9.17) is 0 Å². The number of fused-ring (bicyclic) bond motifs is 1. The zero-order chi connectivity index (χ0) is 21.7. The normalized spacial score (nSPS) is 27.2. The third kappa shape index (κ3) is 6.71. The van der Waals surface area contributed by atoms with Crippen LogP contribution in [0.4, 0.5) is 0 Å². The second-order valence-electron chi connectivity index (χ2n) is 10.2. The molecule has 168 valence electrons. The fraction of sp³-hybridized carbons (Fsp3) is 0.708. The minimum absolute atomic E-state index is 0.0781. The molecule has 1 aliphatic carbocycles. The molecule has 0 bridgehead atoms. The Labute approximate surface area is 186 Å². The Bertz CT molecular complexity index is 679. The number of piperidine rings is 1. The maximum absolute atomic E-state index is 13.1. The number of aliphatic hydroxyl groups excluding tert-OH is 1. The van der Waals surface area contributed by atoms with E-state index in [9.17, 15) is 9.90 Å². The Morgan fingerprint density at radius 3 is 2.57 bits per heavy atom. The molecule has 1 heterocycles. The summed E-state index contributed by atoms with van der Waals surface area (Å²) < 4.78 is 0. The van der Waals surface area contributed by atoms with Crippen molar-refractivity contribution in [1.82, 2.24) is 10.2 Å². The van der Waals surface area contributed by atoms with Crippen molar-refractivity contribution in [3.05, 3.63) is 30.3 Å². The minimum atomic E-state index is -0.536. The molecule has 1 aromatic rings. The predicted molar refractivity (Wildman–Crippen MR) is 123 cm³/mol. The monoisotopic (exact) mass is 434 g/mol. The van der Waals surface area contributed by atoms with Crippen LogP contribution in [0.2, 0.25) is 0 Å². The molecule has 1 saturated heterocycles. The molecule has 4 unspecified atom stereocenters. The number of likely N-dealkylation sites (tertiary alicyclic amines) is 1. The van der Waals surface area contributed by atoms with Crippen molar-refractivity contribution >= 4 is 17.7 Å². The van der Waals surface area contributed by atoms with Gasteiger partial charge in [-0.25, -0.2) is 0 Å². The van der Waals surface area contributed by atoms with Gasteiger partial charge in [-0.05, 0) is 57.6 Å². The van der Waals surface area contributed by atoms with Crippen LogP contribution >= 0.6 is 11.8 Å². The average Bonchev–Trinajstić information content (AvgIpc) is 2.71. The fourth-order valence-corrected chi connectivity index (χ4v) is 5.83. The molecule has 1 saturated carbocycles. The summed E-state index contributed by atoms with van der Waals surface area (Å²) in [7, 11) is 0. The number of nitrogens with zero attached hydrogens (tertiary/aromatic N) is 1.